The lowest BCUT2D eigenvalue weighted by Crippen LogP contribution is -2.64. The number of amides is 2. The maximum absolute atomic E-state index is 13.4. The molecule has 2 saturated heterocycles. The maximum atomic E-state index is 13.4. The number of esters is 1. The van der Waals surface area contributed by atoms with E-state index < -0.39 is 60.8 Å². The first-order valence-electron chi connectivity index (χ1n) is 12.7. The Morgan fingerprint density at radius 2 is 1.77 bits per heavy atom. The van der Waals surface area contributed by atoms with Gasteiger partial charge in [-0.05, 0) is 25.0 Å². The molecule has 0 saturated carbocycles. The number of nitrogens with zero attached hydrogens (tertiary/aromatic N) is 1. The molecule has 2 aromatic rings. The van der Waals surface area contributed by atoms with Gasteiger partial charge in [-0.15, -0.1) is 0 Å². The van der Waals surface area contributed by atoms with Crippen molar-refractivity contribution in [3.05, 3.63) is 54.2 Å². The quantitative estimate of drug-likeness (QED) is 0.290. The summed E-state index contributed by atoms with van der Waals surface area (Å²) in [5.74, 6) is -4.10. The summed E-state index contributed by atoms with van der Waals surface area (Å²) in [5.41, 5.74) is 1.42. The highest BCUT2D eigenvalue weighted by Crippen LogP contribution is 2.38. The fraction of sp³-hybridized carbons (Fsp3) is 0.423. The van der Waals surface area contributed by atoms with Crippen LogP contribution in [-0.4, -0.2) is 78.0 Å². The van der Waals surface area contributed by atoms with Crippen LogP contribution in [0.1, 0.15) is 37.7 Å². The van der Waals surface area contributed by atoms with Gasteiger partial charge in [0.15, 0.2) is 6.10 Å². The number of methoxy groups -OCH3 is 1. The number of hydrogen-bond acceptors (Lipinski definition) is 10. The van der Waals surface area contributed by atoms with Crippen molar-refractivity contribution in [1.29, 1.82) is 0 Å². The second-order valence-electron chi connectivity index (χ2n) is 9.98. The SMILES string of the molecule is COC(=O)[C@@H]1O[B-]2(C(CC(C)C)NC(=O)[C@@H](NC(=O)c3cccc(-c4ccccc4)n3)[C@@H](C)O)OC(=O)[C@@H]1O2. The summed E-state index contributed by atoms with van der Waals surface area (Å²) in [4.78, 5) is 55.3. The van der Waals surface area contributed by atoms with Gasteiger partial charge in [-0.25, -0.2) is 9.78 Å². The molecule has 2 aliphatic rings. The molecule has 3 heterocycles. The van der Waals surface area contributed by atoms with E-state index in [0.717, 1.165) is 12.7 Å². The average molecular weight is 540 g/mol. The summed E-state index contributed by atoms with van der Waals surface area (Å²) >= 11 is 0. The minimum absolute atomic E-state index is 0.0294. The van der Waals surface area contributed by atoms with Crippen molar-refractivity contribution in [2.75, 3.05) is 7.11 Å². The average Bonchev–Trinajstić information content (AvgIpc) is 3.47. The molecule has 2 fully saturated rings. The highest BCUT2D eigenvalue weighted by molar-refractivity contribution is 6.67. The van der Waals surface area contributed by atoms with Crippen LogP contribution in [0.5, 0.6) is 0 Å². The van der Waals surface area contributed by atoms with Crippen molar-refractivity contribution < 1.29 is 43.0 Å². The van der Waals surface area contributed by atoms with Gasteiger partial charge in [-0.1, -0.05) is 56.7 Å². The monoisotopic (exact) mass is 540 g/mol. The number of benzene rings is 1. The van der Waals surface area contributed by atoms with Crippen molar-refractivity contribution >= 4 is 30.5 Å². The topological polar surface area (TPSA) is 162 Å². The van der Waals surface area contributed by atoms with Gasteiger partial charge in [0, 0.05) is 11.5 Å². The van der Waals surface area contributed by atoms with Gasteiger partial charge in [0.05, 0.1) is 18.9 Å². The van der Waals surface area contributed by atoms with Gasteiger partial charge in [0.25, 0.3) is 11.9 Å². The van der Waals surface area contributed by atoms with Crippen molar-refractivity contribution in [2.24, 2.45) is 5.92 Å². The molecule has 0 radical (unpaired) electrons. The number of rotatable bonds is 10. The van der Waals surface area contributed by atoms with E-state index in [1.54, 1.807) is 12.1 Å². The van der Waals surface area contributed by atoms with E-state index in [9.17, 15) is 24.3 Å². The predicted molar refractivity (Wildman–Crippen MR) is 138 cm³/mol. The Kier molecular flexibility index (Phi) is 8.33. The van der Waals surface area contributed by atoms with Crippen molar-refractivity contribution in [3.63, 3.8) is 0 Å². The molecule has 2 bridgehead atoms. The van der Waals surface area contributed by atoms with E-state index in [1.165, 1.54) is 13.0 Å². The normalized spacial score (nSPS) is 24.0. The number of ether oxygens (including phenoxy) is 1. The fourth-order valence-electron chi connectivity index (χ4n) is 4.67. The molecule has 13 heteroatoms. The molecular weight excluding hydrogens is 509 g/mol. The van der Waals surface area contributed by atoms with Crippen molar-refractivity contribution in [1.82, 2.24) is 15.6 Å². The van der Waals surface area contributed by atoms with Crippen LogP contribution in [0.2, 0.25) is 0 Å². The molecule has 0 spiro atoms. The van der Waals surface area contributed by atoms with E-state index >= 15 is 0 Å². The smallest absolute Gasteiger partial charge is 0.460 e. The number of carbonyl (C=O) groups is 4. The van der Waals surface area contributed by atoms with Gasteiger partial charge in [-0.2, -0.15) is 0 Å². The molecule has 39 heavy (non-hydrogen) atoms. The number of aliphatic hydroxyl groups excluding tert-OH is 1. The molecule has 208 valence electrons. The van der Waals surface area contributed by atoms with Crippen LogP contribution in [0, 0.1) is 5.92 Å². The molecule has 0 aliphatic carbocycles. The minimum atomic E-state index is -2.90. The molecule has 3 N–H and O–H groups in total. The summed E-state index contributed by atoms with van der Waals surface area (Å²) in [5, 5.41) is 15.6. The van der Waals surface area contributed by atoms with Crippen molar-refractivity contribution in [2.45, 2.75) is 57.5 Å². The maximum Gasteiger partial charge on any atom is 0.460 e. The predicted octanol–water partition coefficient (Wildman–Crippen LogP) is 0.751. The Balaban J connectivity index is 1.52. The van der Waals surface area contributed by atoms with Gasteiger partial charge in [-0.3, -0.25) is 14.4 Å². The van der Waals surface area contributed by atoms with E-state index in [2.05, 4.69) is 15.6 Å². The van der Waals surface area contributed by atoms with Gasteiger partial charge in [0.2, 0.25) is 5.91 Å². The van der Waals surface area contributed by atoms with E-state index in [1.807, 2.05) is 44.2 Å². The Morgan fingerprint density at radius 3 is 2.41 bits per heavy atom. The zero-order valence-corrected chi connectivity index (χ0v) is 22.0. The molecule has 12 nitrogen and oxygen atoms in total. The zero-order valence-electron chi connectivity index (χ0n) is 22.0. The van der Waals surface area contributed by atoms with E-state index in [-0.39, 0.29) is 18.0 Å². The third-order valence-corrected chi connectivity index (χ3v) is 6.54. The number of fused-ring (bicyclic) bond motifs is 2. The Morgan fingerprint density at radius 1 is 1.05 bits per heavy atom. The van der Waals surface area contributed by atoms with Gasteiger partial charge in [0.1, 0.15) is 17.8 Å². The lowest BCUT2D eigenvalue weighted by molar-refractivity contribution is -0.159. The van der Waals surface area contributed by atoms with Crippen LogP contribution in [0.4, 0.5) is 0 Å². The summed E-state index contributed by atoms with van der Waals surface area (Å²) in [7, 11) is 1.15. The van der Waals surface area contributed by atoms with Gasteiger partial charge < -0.3 is 34.4 Å². The molecule has 1 aromatic carbocycles. The molecule has 1 aromatic heterocycles. The van der Waals surface area contributed by atoms with Crippen molar-refractivity contribution in [3.8, 4) is 11.3 Å². The zero-order chi connectivity index (χ0) is 28.3. The highest BCUT2D eigenvalue weighted by atomic mass is 16.8. The molecule has 6 atom stereocenters. The fourth-order valence-corrected chi connectivity index (χ4v) is 4.67. The van der Waals surface area contributed by atoms with E-state index in [4.69, 9.17) is 18.7 Å². The summed E-state index contributed by atoms with van der Waals surface area (Å²) in [6, 6.07) is 12.8. The lowest BCUT2D eigenvalue weighted by atomic mass is 9.65. The summed E-state index contributed by atoms with van der Waals surface area (Å²) in [6.45, 7) is 2.18. The van der Waals surface area contributed by atoms with E-state index in [0.29, 0.717) is 5.69 Å². The van der Waals surface area contributed by atoms with Crippen LogP contribution in [0.3, 0.4) is 0 Å². The first-order chi connectivity index (χ1) is 18.5. The second kappa shape index (κ2) is 11.5. The van der Waals surface area contributed by atoms with Crippen LogP contribution >= 0.6 is 0 Å². The standard InChI is InChI=1S/C26H31BN3O9/c1-14(2)13-19(27-37-21(25(34)36-4)22(38-27)26(35)39-27)29-24(33)20(15(3)31)30-23(32)18-12-8-11-17(28-18)16-9-6-5-7-10-16/h5-12,14-15,19-22,31H,13H2,1-4H3,(H,29,33)(H,30,32)/q-1/t15-,19?,20+,21-,22-,27?/m1/s1. The number of pyridine rings is 1. The number of hydrogen-bond donors (Lipinski definition) is 3. The number of aliphatic hydroxyl groups is 1. The first kappa shape index (κ1) is 28.2. The molecule has 2 amide bonds. The first-order valence-corrected chi connectivity index (χ1v) is 12.7. The summed E-state index contributed by atoms with van der Waals surface area (Å²) in [6.07, 6.45) is -3.72. The Hall–Kier alpha value is -3.81. The molecule has 4 rings (SSSR count). The molecule has 2 unspecified atom stereocenters. The number of nitrogens with one attached hydrogen (secondary N) is 2. The molecular formula is C26H31BN3O9-. The third kappa shape index (κ3) is 5.95. The third-order valence-electron chi connectivity index (χ3n) is 6.54. The van der Waals surface area contributed by atoms with Crippen LogP contribution in [0.25, 0.3) is 11.3 Å². The summed E-state index contributed by atoms with van der Waals surface area (Å²) < 4.78 is 21.5. The Labute approximate surface area is 225 Å². The Bertz CT molecular complexity index is 1240. The largest absolute Gasteiger partial charge is 0.640 e. The van der Waals surface area contributed by atoms with Crippen LogP contribution in [-0.2, 0) is 33.1 Å². The molecule has 2 aliphatic heterocycles. The van der Waals surface area contributed by atoms with Crippen LogP contribution < -0.4 is 10.6 Å². The lowest BCUT2D eigenvalue weighted by Gasteiger charge is -2.41. The highest BCUT2D eigenvalue weighted by Gasteiger charge is 2.62. The minimum Gasteiger partial charge on any atom is -0.640 e. The van der Waals surface area contributed by atoms with Crippen LogP contribution in [0.15, 0.2) is 48.5 Å². The number of aromatic nitrogens is 1. The van der Waals surface area contributed by atoms with Gasteiger partial charge >= 0.3 is 12.7 Å². The number of carbonyl (C=O) groups excluding carboxylic acids is 4. The second-order valence-corrected chi connectivity index (χ2v) is 9.98.